The smallest absolute Gasteiger partial charge is 0.166 e. The van der Waals surface area contributed by atoms with Crippen LogP contribution in [0.5, 0.6) is 5.75 Å². The summed E-state index contributed by atoms with van der Waals surface area (Å²) in [5.41, 5.74) is 0.636. The van der Waals surface area contributed by atoms with Gasteiger partial charge in [0.05, 0.1) is 17.1 Å². The van der Waals surface area contributed by atoms with Gasteiger partial charge in [-0.3, -0.25) is 4.79 Å². The Balaban J connectivity index is 1.75. The number of hydrogen-bond acceptors (Lipinski definition) is 4. The number of benzene rings is 1. The van der Waals surface area contributed by atoms with Crippen molar-refractivity contribution >= 4 is 15.6 Å². The highest BCUT2D eigenvalue weighted by molar-refractivity contribution is 7.93. The van der Waals surface area contributed by atoms with Gasteiger partial charge in [-0.25, -0.2) is 8.42 Å². The lowest BCUT2D eigenvalue weighted by Crippen LogP contribution is -2.36. The molecule has 0 amide bonds. The molecule has 0 aliphatic carbocycles. The highest BCUT2D eigenvalue weighted by atomic mass is 32.2. The molecule has 1 aromatic rings. The standard InChI is InChI=1S/C17H22O4S/c1-2-8-21-14-5-3-4-12(9-14)17(18)13-10-15-6-7-16(11-13)22(15,19)20/h3-5,9,13,15-16H,2,6-8,10-11H2,1H3. The number of ether oxygens (including phenoxy) is 1. The number of hydrogen-bond donors (Lipinski definition) is 0. The summed E-state index contributed by atoms with van der Waals surface area (Å²) in [4.78, 5) is 12.7. The minimum atomic E-state index is -2.97. The van der Waals surface area contributed by atoms with Gasteiger partial charge in [-0.2, -0.15) is 0 Å². The topological polar surface area (TPSA) is 60.4 Å². The lowest BCUT2D eigenvalue weighted by atomic mass is 9.90. The number of rotatable bonds is 5. The molecule has 2 aliphatic rings. The summed E-state index contributed by atoms with van der Waals surface area (Å²) in [5, 5.41) is -0.612. The Morgan fingerprint density at radius 2 is 1.91 bits per heavy atom. The third-order valence-corrected chi connectivity index (χ3v) is 7.51. The van der Waals surface area contributed by atoms with E-state index in [1.165, 1.54) is 0 Å². The second kappa shape index (κ2) is 6.03. The van der Waals surface area contributed by atoms with E-state index in [1.807, 2.05) is 19.1 Å². The van der Waals surface area contributed by atoms with E-state index in [4.69, 9.17) is 4.74 Å². The third kappa shape index (κ3) is 2.78. The molecule has 2 fully saturated rings. The summed E-state index contributed by atoms with van der Waals surface area (Å²) < 4.78 is 29.8. The maximum absolute atomic E-state index is 12.7. The zero-order valence-corrected chi connectivity index (χ0v) is 13.6. The molecule has 0 radical (unpaired) electrons. The van der Waals surface area contributed by atoms with Crippen LogP contribution in [0.3, 0.4) is 0 Å². The first kappa shape index (κ1) is 15.5. The molecule has 0 N–H and O–H groups in total. The zero-order chi connectivity index (χ0) is 15.7. The Morgan fingerprint density at radius 1 is 1.23 bits per heavy atom. The Labute approximate surface area is 131 Å². The van der Waals surface area contributed by atoms with Crippen molar-refractivity contribution in [2.45, 2.75) is 49.5 Å². The Bertz CT molecular complexity index is 645. The van der Waals surface area contributed by atoms with Crippen LogP contribution in [0.1, 0.15) is 49.4 Å². The predicted molar refractivity (Wildman–Crippen MR) is 85.0 cm³/mol. The minimum Gasteiger partial charge on any atom is -0.494 e. The molecule has 120 valence electrons. The third-order valence-electron chi connectivity index (χ3n) is 4.80. The molecule has 0 aromatic heterocycles. The average molecular weight is 322 g/mol. The van der Waals surface area contributed by atoms with Gasteiger partial charge >= 0.3 is 0 Å². The number of sulfone groups is 1. The van der Waals surface area contributed by atoms with Crippen molar-refractivity contribution in [2.75, 3.05) is 6.61 Å². The quantitative estimate of drug-likeness (QED) is 0.782. The molecule has 2 bridgehead atoms. The van der Waals surface area contributed by atoms with Gasteiger partial charge in [0.25, 0.3) is 0 Å². The van der Waals surface area contributed by atoms with Crippen LogP contribution < -0.4 is 4.74 Å². The van der Waals surface area contributed by atoms with Crippen molar-refractivity contribution in [2.24, 2.45) is 5.92 Å². The highest BCUT2D eigenvalue weighted by Gasteiger charge is 2.48. The van der Waals surface area contributed by atoms with Gasteiger partial charge in [0, 0.05) is 11.5 Å². The molecule has 2 unspecified atom stereocenters. The minimum absolute atomic E-state index is 0.0637. The van der Waals surface area contributed by atoms with E-state index >= 15 is 0 Å². The summed E-state index contributed by atoms with van der Waals surface area (Å²) in [6, 6.07) is 7.25. The Hall–Kier alpha value is -1.36. The molecule has 2 atom stereocenters. The van der Waals surface area contributed by atoms with Gasteiger partial charge in [-0.1, -0.05) is 19.1 Å². The molecule has 2 heterocycles. The maximum Gasteiger partial charge on any atom is 0.166 e. The number of carbonyl (C=O) groups excluding carboxylic acids is 1. The molecule has 22 heavy (non-hydrogen) atoms. The number of carbonyl (C=O) groups is 1. The highest BCUT2D eigenvalue weighted by Crippen LogP contribution is 2.42. The van der Waals surface area contributed by atoms with Crippen LogP contribution in [0.2, 0.25) is 0 Å². The van der Waals surface area contributed by atoms with E-state index in [0.29, 0.717) is 30.8 Å². The van der Waals surface area contributed by atoms with Crippen LogP contribution in [0, 0.1) is 5.92 Å². The van der Waals surface area contributed by atoms with Crippen LogP contribution in [0.15, 0.2) is 24.3 Å². The van der Waals surface area contributed by atoms with Gasteiger partial charge in [0.1, 0.15) is 5.75 Å². The molecule has 3 rings (SSSR count). The number of fused-ring (bicyclic) bond motifs is 2. The molecule has 0 spiro atoms. The van der Waals surface area contributed by atoms with Crippen molar-refractivity contribution in [3.8, 4) is 5.75 Å². The fourth-order valence-corrected chi connectivity index (χ4v) is 6.09. The van der Waals surface area contributed by atoms with E-state index < -0.39 is 9.84 Å². The number of ketones is 1. The van der Waals surface area contributed by atoms with E-state index in [2.05, 4.69) is 0 Å². The lowest BCUT2D eigenvalue weighted by molar-refractivity contribution is 0.0905. The van der Waals surface area contributed by atoms with Crippen LogP contribution in [0.4, 0.5) is 0 Å². The van der Waals surface area contributed by atoms with E-state index in [0.717, 1.165) is 19.3 Å². The second-order valence-electron chi connectivity index (χ2n) is 6.32. The van der Waals surface area contributed by atoms with Crippen LogP contribution in [0.25, 0.3) is 0 Å². The van der Waals surface area contributed by atoms with Gasteiger partial charge in [-0.15, -0.1) is 0 Å². The Morgan fingerprint density at radius 3 is 2.55 bits per heavy atom. The van der Waals surface area contributed by atoms with Crippen LogP contribution in [-0.4, -0.2) is 31.3 Å². The average Bonchev–Trinajstić information content (AvgIpc) is 2.71. The fraction of sp³-hybridized carbons (Fsp3) is 0.588. The zero-order valence-electron chi connectivity index (χ0n) is 12.8. The summed E-state index contributed by atoms with van der Waals surface area (Å²) in [6.07, 6.45) is 3.32. The normalized spacial score (nSPS) is 29.2. The van der Waals surface area contributed by atoms with Gasteiger partial charge < -0.3 is 4.74 Å². The Kier molecular flexibility index (Phi) is 4.26. The van der Waals surface area contributed by atoms with Crippen LogP contribution >= 0.6 is 0 Å². The first-order valence-corrected chi connectivity index (χ1v) is 9.63. The van der Waals surface area contributed by atoms with Crippen molar-refractivity contribution in [3.05, 3.63) is 29.8 Å². The van der Waals surface area contributed by atoms with Crippen LogP contribution in [-0.2, 0) is 9.84 Å². The molecule has 1 aromatic carbocycles. The lowest BCUT2D eigenvalue weighted by Gasteiger charge is -2.27. The van der Waals surface area contributed by atoms with E-state index in [9.17, 15) is 13.2 Å². The summed E-state index contributed by atoms with van der Waals surface area (Å²) in [6.45, 7) is 2.66. The first-order valence-electron chi connectivity index (χ1n) is 8.02. The molecule has 0 saturated carbocycles. The predicted octanol–water partition coefficient (Wildman–Crippen LogP) is 3.01. The maximum atomic E-state index is 12.7. The van der Waals surface area contributed by atoms with Crippen molar-refractivity contribution in [1.29, 1.82) is 0 Å². The fourth-order valence-electron chi connectivity index (χ4n) is 3.62. The summed E-state index contributed by atoms with van der Waals surface area (Å²) >= 11 is 0. The molecule has 5 heteroatoms. The summed E-state index contributed by atoms with van der Waals surface area (Å²) in [7, 11) is -2.97. The van der Waals surface area contributed by atoms with Crippen molar-refractivity contribution < 1.29 is 17.9 Å². The number of Topliss-reactive ketones (excluding diaryl/α,β-unsaturated/α-hetero) is 1. The monoisotopic (exact) mass is 322 g/mol. The second-order valence-corrected chi connectivity index (χ2v) is 8.83. The molecule has 2 saturated heterocycles. The largest absolute Gasteiger partial charge is 0.494 e. The molecular weight excluding hydrogens is 300 g/mol. The van der Waals surface area contributed by atoms with Gasteiger partial charge in [-0.05, 0) is 44.2 Å². The summed E-state index contributed by atoms with van der Waals surface area (Å²) in [5.74, 6) is 0.607. The van der Waals surface area contributed by atoms with Crippen molar-refractivity contribution in [1.82, 2.24) is 0 Å². The van der Waals surface area contributed by atoms with Gasteiger partial charge in [0.15, 0.2) is 15.6 Å². The van der Waals surface area contributed by atoms with Crippen molar-refractivity contribution in [3.63, 3.8) is 0 Å². The molecular formula is C17H22O4S. The molecule has 4 nitrogen and oxygen atoms in total. The molecule has 2 aliphatic heterocycles. The van der Waals surface area contributed by atoms with Gasteiger partial charge in [0.2, 0.25) is 0 Å². The first-order chi connectivity index (χ1) is 10.5. The van der Waals surface area contributed by atoms with E-state index in [1.54, 1.807) is 12.1 Å². The SMILES string of the molecule is CCCOc1cccc(C(=O)C2CC3CCC(C2)S3(=O)=O)c1. The van der Waals surface area contributed by atoms with E-state index in [-0.39, 0.29) is 22.2 Å².